The number of amides is 1. The third-order valence-corrected chi connectivity index (χ3v) is 2.36. The number of nitriles is 1. The van der Waals surface area contributed by atoms with Crippen molar-refractivity contribution in [2.45, 2.75) is 6.92 Å². The van der Waals surface area contributed by atoms with Crippen molar-refractivity contribution in [3.63, 3.8) is 0 Å². The molecule has 108 valence electrons. The maximum Gasteiger partial charge on any atom is 0.258 e. The summed E-state index contributed by atoms with van der Waals surface area (Å²) in [5.74, 6) is 0.651. The van der Waals surface area contributed by atoms with Gasteiger partial charge in [-0.15, -0.1) is 0 Å². The fraction of sp³-hybridized carbons (Fsp3) is 0.429. The van der Waals surface area contributed by atoms with E-state index < -0.39 is 0 Å². The molecule has 0 unspecified atom stereocenters. The van der Waals surface area contributed by atoms with E-state index in [1.165, 1.54) is 0 Å². The molecule has 1 aromatic carbocycles. The van der Waals surface area contributed by atoms with Crippen LogP contribution in [-0.4, -0.2) is 39.4 Å². The van der Waals surface area contributed by atoms with Crippen molar-refractivity contribution in [1.29, 1.82) is 5.26 Å². The van der Waals surface area contributed by atoms with Crippen LogP contribution in [0.4, 0.5) is 0 Å². The summed E-state index contributed by atoms with van der Waals surface area (Å²) in [5, 5.41) is 11.5. The van der Waals surface area contributed by atoms with E-state index in [0.29, 0.717) is 36.8 Å². The molecule has 6 nitrogen and oxygen atoms in total. The minimum atomic E-state index is -0.242. The molecule has 1 N–H and O–H groups in total. The van der Waals surface area contributed by atoms with Crippen LogP contribution in [0.2, 0.25) is 0 Å². The second-order valence-electron chi connectivity index (χ2n) is 3.84. The highest BCUT2D eigenvalue weighted by Crippen LogP contribution is 2.28. The molecule has 1 aromatic rings. The van der Waals surface area contributed by atoms with Crippen molar-refractivity contribution < 1.29 is 19.0 Å². The molecule has 0 fully saturated rings. The van der Waals surface area contributed by atoms with Crippen LogP contribution in [0.3, 0.4) is 0 Å². The molecule has 1 rings (SSSR count). The summed E-state index contributed by atoms with van der Waals surface area (Å²) in [6.45, 7) is 3.05. The summed E-state index contributed by atoms with van der Waals surface area (Å²) in [5.41, 5.74) is 0.477. The van der Waals surface area contributed by atoms with Gasteiger partial charge in [-0.05, 0) is 19.1 Å². The molecule has 1 amide bonds. The van der Waals surface area contributed by atoms with Crippen molar-refractivity contribution in [3.05, 3.63) is 23.8 Å². The molecule has 0 radical (unpaired) electrons. The van der Waals surface area contributed by atoms with Gasteiger partial charge in [0, 0.05) is 19.7 Å². The van der Waals surface area contributed by atoms with E-state index in [1.54, 1.807) is 25.3 Å². The maximum atomic E-state index is 11.5. The second-order valence-corrected chi connectivity index (χ2v) is 3.84. The molecule has 0 atom stereocenters. The average molecular weight is 278 g/mol. The first-order valence-electron chi connectivity index (χ1n) is 6.26. The summed E-state index contributed by atoms with van der Waals surface area (Å²) in [4.78, 5) is 11.5. The van der Waals surface area contributed by atoms with Gasteiger partial charge < -0.3 is 19.5 Å². The molecule has 0 saturated carbocycles. The van der Waals surface area contributed by atoms with Gasteiger partial charge in [0.1, 0.15) is 0 Å². The Hall–Kier alpha value is -2.26. The quantitative estimate of drug-likeness (QED) is 0.720. The predicted molar refractivity (Wildman–Crippen MR) is 72.7 cm³/mol. The normalized spacial score (nSPS) is 9.65. The number of nitrogens with zero attached hydrogens (tertiary/aromatic N) is 1. The van der Waals surface area contributed by atoms with Crippen molar-refractivity contribution in [3.8, 4) is 17.6 Å². The maximum absolute atomic E-state index is 11.5. The lowest BCUT2D eigenvalue weighted by atomic mass is 10.2. The van der Waals surface area contributed by atoms with Crippen LogP contribution in [0.25, 0.3) is 0 Å². The number of hydrogen-bond donors (Lipinski definition) is 1. The Bertz CT molecular complexity index is 483. The van der Waals surface area contributed by atoms with E-state index in [2.05, 4.69) is 5.32 Å². The molecule has 6 heteroatoms. The number of carbonyl (C=O) groups excluding carboxylic acids is 1. The third-order valence-electron chi connectivity index (χ3n) is 2.36. The van der Waals surface area contributed by atoms with E-state index in [9.17, 15) is 4.79 Å². The molecular formula is C14H18N2O4. The van der Waals surface area contributed by atoms with Crippen LogP contribution in [0, 0.1) is 11.3 Å². The first-order valence-corrected chi connectivity index (χ1v) is 6.26. The predicted octanol–water partition coefficient (Wildman–Crippen LogP) is 1.10. The van der Waals surface area contributed by atoms with Crippen molar-refractivity contribution in [2.24, 2.45) is 0 Å². The monoisotopic (exact) mass is 278 g/mol. The molecule has 0 aromatic heterocycles. The Morgan fingerprint density at radius 2 is 2.15 bits per heavy atom. The number of rotatable bonds is 8. The fourth-order valence-corrected chi connectivity index (χ4v) is 1.45. The van der Waals surface area contributed by atoms with Crippen LogP contribution in [0.15, 0.2) is 18.2 Å². The molecule has 0 aliphatic rings. The highest BCUT2D eigenvalue weighted by molar-refractivity contribution is 5.77. The Labute approximate surface area is 118 Å². The highest BCUT2D eigenvalue weighted by atomic mass is 16.5. The molecule has 0 saturated heterocycles. The first kappa shape index (κ1) is 15.8. The zero-order chi connectivity index (χ0) is 14.8. The Morgan fingerprint density at radius 3 is 2.80 bits per heavy atom. The third kappa shape index (κ3) is 5.16. The molecule has 0 aliphatic carbocycles. The molecule has 0 heterocycles. The minimum Gasteiger partial charge on any atom is -0.490 e. The van der Waals surface area contributed by atoms with Gasteiger partial charge in [-0.1, -0.05) is 0 Å². The molecule has 0 spiro atoms. The number of nitrogens with one attached hydrogen (secondary N) is 1. The lowest BCUT2D eigenvalue weighted by Gasteiger charge is -2.12. The fourth-order valence-electron chi connectivity index (χ4n) is 1.45. The van der Waals surface area contributed by atoms with Gasteiger partial charge in [0.2, 0.25) is 0 Å². The SMILES string of the molecule is CCOc1cc(C#N)ccc1OCC(=O)NCCOC. The summed E-state index contributed by atoms with van der Waals surface area (Å²) < 4.78 is 15.6. The Kier molecular flexibility index (Phi) is 6.93. The molecule has 20 heavy (non-hydrogen) atoms. The van der Waals surface area contributed by atoms with Gasteiger partial charge in [0.05, 0.1) is 24.8 Å². The number of hydrogen-bond acceptors (Lipinski definition) is 5. The Balaban J connectivity index is 2.58. The van der Waals surface area contributed by atoms with Crippen LogP contribution in [0.1, 0.15) is 12.5 Å². The van der Waals surface area contributed by atoms with Gasteiger partial charge >= 0.3 is 0 Å². The minimum absolute atomic E-state index is 0.115. The zero-order valence-electron chi connectivity index (χ0n) is 11.6. The van der Waals surface area contributed by atoms with Crippen LogP contribution >= 0.6 is 0 Å². The average Bonchev–Trinajstić information content (AvgIpc) is 2.46. The first-order chi connectivity index (χ1) is 9.71. The number of benzene rings is 1. The molecule has 0 bridgehead atoms. The smallest absolute Gasteiger partial charge is 0.258 e. The Morgan fingerprint density at radius 1 is 1.35 bits per heavy atom. The van der Waals surface area contributed by atoms with E-state index in [-0.39, 0.29) is 12.5 Å². The van der Waals surface area contributed by atoms with Crippen molar-refractivity contribution in [1.82, 2.24) is 5.32 Å². The largest absolute Gasteiger partial charge is 0.490 e. The molecular weight excluding hydrogens is 260 g/mol. The highest BCUT2D eigenvalue weighted by Gasteiger charge is 2.08. The lowest BCUT2D eigenvalue weighted by Crippen LogP contribution is -2.31. The van der Waals surface area contributed by atoms with Gasteiger partial charge in [0.25, 0.3) is 5.91 Å². The van der Waals surface area contributed by atoms with Crippen LogP contribution in [0.5, 0.6) is 11.5 Å². The summed E-state index contributed by atoms with van der Waals surface area (Å²) in [6.07, 6.45) is 0. The van der Waals surface area contributed by atoms with E-state index in [4.69, 9.17) is 19.5 Å². The summed E-state index contributed by atoms with van der Waals surface area (Å²) >= 11 is 0. The van der Waals surface area contributed by atoms with E-state index in [1.807, 2.05) is 13.0 Å². The number of ether oxygens (including phenoxy) is 3. The van der Waals surface area contributed by atoms with Gasteiger partial charge in [-0.2, -0.15) is 5.26 Å². The van der Waals surface area contributed by atoms with Gasteiger partial charge in [-0.25, -0.2) is 0 Å². The zero-order valence-corrected chi connectivity index (χ0v) is 11.6. The second kappa shape index (κ2) is 8.77. The topological polar surface area (TPSA) is 80.6 Å². The van der Waals surface area contributed by atoms with Crippen molar-refractivity contribution >= 4 is 5.91 Å². The number of methoxy groups -OCH3 is 1. The van der Waals surface area contributed by atoms with Crippen LogP contribution in [-0.2, 0) is 9.53 Å². The van der Waals surface area contributed by atoms with Crippen LogP contribution < -0.4 is 14.8 Å². The van der Waals surface area contributed by atoms with Gasteiger partial charge in [0.15, 0.2) is 18.1 Å². The molecule has 0 aliphatic heterocycles. The van der Waals surface area contributed by atoms with E-state index >= 15 is 0 Å². The summed E-state index contributed by atoms with van der Waals surface area (Å²) in [7, 11) is 1.56. The van der Waals surface area contributed by atoms with Gasteiger partial charge in [-0.3, -0.25) is 4.79 Å². The van der Waals surface area contributed by atoms with E-state index in [0.717, 1.165) is 0 Å². The summed E-state index contributed by atoms with van der Waals surface area (Å²) in [6, 6.07) is 6.84. The number of carbonyl (C=O) groups is 1. The standard InChI is InChI=1S/C14H18N2O4/c1-3-19-13-8-11(9-15)4-5-12(13)20-10-14(17)16-6-7-18-2/h4-5,8H,3,6-7,10H2,1-2H3,(H,16,17). The van der Waals surface area contributed by atoms with Crippen molar-refractivity contribution in [2.75, 3.05) is 33.5 Å². The lowest BCUT2D eigenvalue weighted by molar-refractivity contribution is -0.123.